The largest absolute Gasteiger partial charge is 0.266 e. The van der Waals surface area contributed by atoms with E-state index in [9.17, 15) is 8.42 Å². The summed E-state index contributed by atoms with van der Waals surface area (Å²) in [6.45, 7) is 1.94. The van der Waals surface area contributed by atoms with E-state index in [-0.39, 0.29) is 17.0 Å². The van der Waals surface area contributed by atoms with Crippen molar-refractivity contribution < 1.29 is 8.42 Å². The van der Waals surface area contributed by atoms with Crippen LogP contribution in [0.25, 0.3) is 0 Å². The van der Waals surface area contributed by atoms with E-state index in [1.807, 2.05) is 19.2 Å². The minimum atomic E-state index is -2.84. The summed E-state index contributed by atoms with van der Waals surface area (Å²) in [5, 5.41) is 4.09. The van der Waals surface area contributed by atoms with Crippen LogP contribution in [0, 0.1) is 0 Å². The molecule has 0 aliphatic carbocycles. The molecule has 1 atom stereocenters. The standard InChI is InChI=1S/C8H12N2O2S/c1-8(10-5-2-4-9-10)3-6-13(11,12)7-8/h2,4-5H,3,6-7H2,1H3. The van der Waals surface area contributed by atoms with Gasteiger partial charge in [0.2, 0.25) is 0 Å². The third kappa shape index (κ3) is 1.48. The molecule has 0 amide bonds. The monoisotopic (exact) mass is 200 g/mol. The number of hydrogen-bond acceptors (Lipinski definition) is 3. The van der Waals surface area contributed by atoms with Gasteiger partial charge in [0.25, 0.3) is 0 Å². The van der Waals surface area contributed by atoms with E-state index >= 15 is 0 Å². The first-order valence-electron chi connectivity index (χ1n) is 4.22. The average Bonchev–Trinajstić information content (AvgIpc) is 2.58. The Morgan fingerprint density at radius 2 is 2.31 bits per heavy atom. The molecule has 72 valence electrons. The lowest BCUT2D eigenvalue weighted by Crippen LogP contribution is -2.31. The van der Waals surface area contributed by atoms with Crippen molar-refractivity contribution in [1.29, 1.82) is 0 Å². The Hall–Kier alpha value is -0.840. The molecule has 0 saturated carbocycles. The molecular weight excluding hydrogens is 188 g/mol. The Balaban J connectivity index is 2.35. The van der Waals surface area contributed by atoms with Gasteiger partial charge in [-0.1, -0.05) is 0 Å². The van der Waals surface area contributed by atoms with E-state index < -0.39 is 9.84 Å². The number of rotatable bonds is 1. The van der Waals surface area contributed by atoms with Crippen LogP contribution in [0.15, 0.2) is 18.5 Å². The Labute approximate surface area is 77.5 Å². The maximum Gasteiger partial charge on any atom is 0.152 e. The van der Waals surface area contributed by atoms with E-state index in [1.165, 1.54) is 0 Å². The van der Waals surface area contributed by atoms with Crippen molar-refractivity contribution in [2.75, 3.05) is 11.5 Å². The van der Waals surface area contributed by atoms with Gasteiger partial charge in [0.05, 0.1) is 17.0 Å². The predicted molar refractivity (Wildman–Crippen MR) is 49.1 cm³/mol. The van der Waals surface area contributed by atoms with Crippen LogP contribution in [0.2, 0.25) is 0 Å². The smallest absolute Gasteiger partial charge is 0.152 e. The van der Waals surface area contributed by atoms with Gasteiger partial charge in [-0.3, -0.25) is 4.68 Å². The van der Waals surface area contributed by atoms with Crippen molar-refractivity contribution in [3.8, 4) is 0 Å². The second kappa shape index (κ2) is 2.57. The summed E-state index contributed by atoms with van der Waals surface area (Å²) in [6.07, 6.45) is 4.16. The molecular formula is C8H12N2O2S. The summed E-state index contributed by atoms with van der Waals surface area (Å²) in [7, 11) is -2.84. The van der Waals surface area contributed by atoms with Gasteiger partial charge in [-0.25, -0.2) is 8.42 Å². The number of aromatic nitrogens is 2. The first kappa shape index (κ1) is 8.74. The van der Waals surface area contributed by atoms with Gasteiger partial charge < -0.3 is 0 Å². The molecule has 2 heterocycles. The highest BCUT2D eigenvalue weighted by Gasteiger charge is 2.40. The number of nitrogens with zero attached hydrogens (tertiary/aromatic N) is 2. The average molecular weight is 200 g/mol. The Bertz CT molecular complexity index is 396. The zero-order valence-corrected chi connectivity index (χ0v) is 8.29. The molecule has 0 spiro atoms. The predicted octanol–water partition coefficient (Wildman–Crippen LogP) is 0.417. The fourth-order valence-electron chi connectivity index (χ4n) is 1.76. The maximum atomic E-state index is 11.3. The molecule has 1 unspecified atom stereocenters. The van der Waals surface area contributed by atoms with Gasteiger partial charge >= 0.3 is 0 Å². The van der Waals surface area contributed by atoms with Crippen LogP contribution < -0.4 is 0 Å². The lowest BCUT2D eigenvalue weighted by Gasteiger charge is -2.22. The van der Waals surface area contributed by atoms with Crippen molar-refractivity contribution in [3.63, 3.8) is 0 Å². The number of sulfone groups is 1. The zero-order valence-electron chi connectivity index (χ0n) is 7.47. The summed E-state index contributed by atoms with van der Waals surface area (Å²) in [4.78, 5) is 0. The minimum Gasteiger partial charge on any atom is -0.266 e. The van der Waals surface area contributed by atoms with Gasteiger partial charge in [0, 0.05) is 12.4 Å². The molecule has 5 heteroatoms. The Morgan fingerprint density at radius 1 is 1.54 bits per heavy atom. The molecule has 0 N–H and O–H groups in total. The molecule has 0 bridgehead atoms. The van der Waals surface area contributed by atoms with Crippen molar-refractivity contribution in [3.05, 3.63) is 18.5 Å². The first-order valence-corrected chi connectivity index (χ1v) is 6.05. The molecule has 1 fully saturated rings. The highest BCUT2D eigenvalue weighted by Crippen LogP contribution is 2.29. The molecule has 0 aromatic carbocycles. The fraction of sp³-hybridized carbons (Fsp3) is 0.625. The molecule has 0 radical (unpaired) electrons. The van der Waals surface area contributed by atoms with Crippen molar-refractivity contribution in [1.82, 2.24) is 9.78 Å². The van der Waals surface area contributed by atoms with E-state index in [1.54, 1.807) is 10.9 Å². The van der Waals surface area contributed by atoms with Crippen LogP contribution in [-0.2, 0) is 15.4 Å². The van der Waals surface area contributed by atoms with Gasteiger partial charge in [0.1, 0.15) is 0 Å². The molecule has 1 aliphatic heterocycles. The molecule has 1 aromatic rings. The van der Waals surface area contributed by atoms with Gasteiger partial charge in [0.15, 0.2) is 9.84 Å². The van der Waals surface area contributed by atoms with Crippen LogP contribution in [0.3, 0.4) is 0 Å². The second-order valence-corrected chi connectivity index (χ2v) is 5.97. The van der Waals surface area contributed by atoms with Crippen LogP contribution in [0.1, 0.15) is 13.3 Å². The van der Waals surface area contributed by atoms with Gasteiger partial charge in [-0.05, 0) is 19.4 Å². The molecule has 1 saturated heterocycles. The molecule has 2 rings (SSSR count). The lowest BCUT2D eigenvalue weighted by atomic mass is 10.0. The molecule has 1 aliphatic rings. The summed E-state index contributed by atoms with van der Waals surface area (Å²) in [5.74, 6) is 0.491. The van der Waals surface area contributed by atoms with E-state index in [2.05, 4.69) is 5.10 Å². The fourth-order valence-corrected chi connectivity index (χ4v) is 3.88. The topological polar surface area (TPSA) is 52.0 Å². The Kier molecular flexibility index (Phi) is 1.73. The van der Waals surface area contributed by atoms with E-state index in [4.69, 9.17) is 0 Å². The highest BCUT2D eigenvalue weighted by molar-refractivity contribution is 7.91. The van der Waals surface area contributed by atoms with Crippen LogP contribution in [0.5, 0.6) is 0 Å². The summed E-state index contributed by atoms with van der Waals surface area (Å²) >= 11 is 0. The third-order valence-electron chi connectivity index (χ3n) is 2.54. The van der Waals surface area contributed by atoms with Crippen LogP contribution in [0.4, 0.5) is 0 Å². The highest BCUT2D eigenvalue weighted by atomic mass is 32.2. The van der Waals surface area contributed by atoms with Crippen molar-refractivity contribution in [2.24, 2.45) is 0 Å². The van der Waals surface area contributed by atoms with Gasteiger partial charge in [-0.2, -0.15) is 5.10 Å². The first-order chi connectivity index (χ1) is 6.02. The summed E-state index contributed by atoms with van der Waals surface area (Å²) < 4.78 is 24.3. The SMILES string of the molecule is CC1(n2cccn2)CCS(=O)(=O)C1. The molecule has 13 heavy (non-hydrogen) atoms. The van der Waals surface area contributed by atoms with Gasteiger partial charge in [-0.15, -0.1) is 0 Å². The summed E-state index contributed by atoms with van der Waals surface area (Å²) in [5.41, 5.74) is -0.331. The van der Waals surface area contributed by atoms with E-state index in [0.717, 1.165) is 0 Å². The normalized spacial score (nSPS) is 32.1. The second-order valence-electron chi connectivity index (χ2n) is 3.79. The molecule has 1 aromatic heterocycles. The third-order valence-corrected chi connectivity index (χ3v) is 4.43. The lowest BCUT2D eigenvalue weighted by molar-refractivity contribution is 0.328. The quantitative estimate of drug-likeness (QED) is 0.660. The van der Waals surface area contributed by atoms with Crippen molar-refractivity contribution >= 4 is 9.84 Å². The van der Waals surface area contributed by atoms with Crippen LogP contribution >= 0.6 is 0 Å². The number of hydrogen-bond donors (Lipinski definition) is 0. The Morgan fingerprint density at radius 3 is 2.77 bits per heavy atom. The minimum absolute atomic E-state index is 0.210. The zero-order chi connectivity index (χ0) is 9.53. The van der Waals surface area contributed by atoms with Crippen molar-refractivity contribution in [2.45, 2.75) is 18.9 Å². The van der Waals surface area contributed by atoms with E-state index in [0.29, 0.717) is 6.42 Å². The molecule has 4 nitrogen and oxygen atoms in total. The maximum absolute atomic E-state index is 11.3. The summed E-state index contributed by atoms with van der Waals surface area (Å²) in [6, 6.07) is 1.82. The van der Waals surface area contributed by atoms with Crippen LogP contribution in [-0.4, -0.2) is 29.7 Å².